The summed E-state index contributed by atoms with van der Waals surface area (Å²) < 4.78 is 0. The van der Waals surface area contributed by atoms with E-state index in [1.165, 1.54) is 10.8 Å². The van der Waals surface area contributed by atoms with Crippen LogP contribution in [-0.2, 0) is 0 Å². The predicted octanol–water partition coefficient (Wildman–Crippen LogP) is 11.4. The van der Waals surface area contributed by atoms with Crippen molar-refractivity contribution in [2.45, 2.75) is 6.92 Å². The molecule has 0 unspecified atom stereocenters. The first-order valence-corrected chi connectivity index (χ1v) is 16.5. The molecule has 9 rings (SSSR count). The first kappa shape index (κ1) is 28.7. The Morgan fingerprint density at radius 3 is 1.61 bits per heavy atom. The molecule has 49 heavy (non-hydrogen) atoms. The molecule has 6 aromatic carbocycles. The minimum atomic E-state index is 0.681. The van der Waals surface area contributed by atoms with Crippen LogP contribution < -0.4 is 0 Å². The van der Waals surface area contributed by atoms with Crippen molar-refractivity contribution in [3.8, 4) is 56.3 Å². The fraction of sp³-hybridized carbons (Fsp3) is 0.0222. The summed E-state index contributed by atoms with van der Waals surface area (Å²) >= 11 is 0. The van der Waals surface area contributed by atoms with Gasteiger partial charge < -0.3 is 0 Å². The van der Waals surface area contributed by atoms with Crippen molar-refractivity contribution in [3.05, 3.63) is 169 Å². The van der Waals surface area contributed by atoms with Crippen LogP contribution in [0.1, 0.15) is 5.69 Å². The maximum atomic E-state index is 5.28. The van der Waals surface area contributed by atoms with Crippen molar-refractivity contribution in [2.24, 2.45) is 0 Å². The Labute approximate surface area is 284 Å². The largest absolute Gasteiger partial charge is 0.251 e. The van der Waals surface area contributed by atoms with Gasteiger partial charge >= 0.3 is 0 Å². The van der Waals surface area contributed by atoms with Gasteiger partial charge in [0.15, 0.2) is 5.82 Å². The predicted molar refractivity (Wildman–Crippen MR) is 202 cm³/mol. The van der Waals surface area contributed by atoms with E-state index >= 15 is 0 Å². The van der Waals surface area contributed by atoms with E-state index in [4.69, 9.17) is 19.9 Å². The third kappa shape index (κ3) is 5.39. The maximum absolute atomic E-state index is 5.28. The molecule has 4 heteroatoms. The van der Waals surface area contributed by atoms with Crippen LogP contribution in [0.5, 0.6) is 0 Å². The van der Waals surface area contributed by atoms with E-state index in [2.05, 4.69) is 127 Å². The number of benzene rings is 6. The highest BCUT2D eigenvalue weighted by Crippen LogP contribution is 2.37. The highest BCUT2D eigenvalue weighted by molar-refractivity contribution is 6.09. The van der Waals surface area contributed by atoms with Gasteiger partial charge in [0.2, 0.25) is 0 Å². The van der Waals surface area contributed by atoms with Gasteiger partial charge in [-0.1, -0.05) is 140 Å². The third-order valence-electron chi connectivity index (χ3n) is 9.14. The van der Waals surface area contributed by atoms with Crippen LogP contribution in [-0.4, -0.2) is 19.9 Å². The molecule has 0 saturated carbocycles. The lowest BCUT2D eigenvalue weighted by atomic mass is 9.95. The highest BCUT2D eigenvalue weighted by Gasteiger charge is 2.15. The minimum Gasteiger partial charge on any atom is -0.251 e. The van der Waals surface area contributed by atoms with Crippen molar-refractivity contribution in [1.82, 2.24) is 19.9 Å². The summed E-state index contributed by atoms with van der Waals surface area (Å²) in [5, 5.41) is 4.59. The number of hydrogen-bond acceptors (Lipinski definition) is 4. The number of aromatic nitrogens is 4. The van der Waals surface area contributed by atoms with Crippen LogP contribution in [0.3, 0.4) is 0 Å². The Balaban J connectivity index is 1.20. The quantitative estimate of drug-likeness (QED) is 0.178. The second kappa shape index (κ2) is 11.9. The summed E-state index contributed by atoms with van der Waals surface area (Å²) in [4.78, 5) is 20.3. The molecule has 0 atom stereocenters. The van der Waals surface area contributed by atoms with Crippen LogP contribution in [0.4, 0.5) is 0 Å². The second-order valence-electron chi connectivity index (χ2n) is 12.4. The van der Waals surface area contributed by atoms with Crippen LogP contribution in [0.15, 0.2) is 164 Å². The lowest BCUT2D eigenvalue weighted by Crippen LogP contribution is -1.96. The molecule has 0 aliphatic rings. The van der Waals surface area contributed by atoms with E-state index in [1.54, 1.807) is 0 Å². The first-order chi connectivity index (χ1) is 24.2. The molecule has 0 radical (unpaired) electrons. The number of pyridine rings is 2. The third-order valence-corrected chi connectivity index (χ3v) is 9.14. The molecule has 3 heterocycles. The van der Waals surface area contributed by atoms with Gasteiger partial charge in [-0.3, -0.25) is 4.98 Å². The summed E-state index contributed by atoms with van der Waals surface area (Å²) in [5.74, 6) is 0.681. The average molecular weight is 627 g/mol. The monoisotopic (exact) mass is 626 g/mol. The van der Waals surface area contributed by atoms with E-state index in [1.807, 2.05) is 43.3 Å². The van der Waals surface area contributed by atoms with Crippen LogP contribution in [0.2, 0.25) is 0 Å². The number of rotatable bonds is 5. The van der Waals surface area contributed by atoms with Gasteiger partial charge in [0.1, 0.15) is 0 Å². The number of fused-ring (bicyclic) bond motifs is 4. The second-order valence-corrected chi connectivity index (χ2v) is 12.4. The standard InChI is InChI=1S/C45H30N4/c1-29-16-17-34-24-25-38-39(37-23-18-30-10-8-9-15-36(30)26-37)27-40(47-44(38)43(34)46-29)33-19-21-35(22-20-33)45-48-41(31-11-4-2-5-12-31)28-42(49-45)32-13-6-3-7-14-32/h2-28H,1H3. The molecule has 230 valence electrons. The van der Waals surface area contributed by atoms with Gasteiger partial charge in [0, 0.05) is 38.7 Å². The first-order valence-electron chi connectivity index (χ1n) is 16.5. The molecule has 0 N–H and O–H groups in total. The summed E-state index contributed by atoms with van der Waals surface area (Å²) in [5.41, 5.74) is 11.8. The average Bonchev–Trinajstić information content (AvgIpc) is 3.18. The Kier molecular flexibility index (Phi) is 6.98. The van der Waals surface area contributed by atoms with E-state index in [-0.39, 0.29) is 0 Å². The lowest BCUT2D eigenvalue weighted by molar-refractivity contribution is 1.18. The minimum absolute atomic E-state index is 0.681. The van der Waals surface area contributed by atoms with Crippen molar-refractivity contribution in [2.75, 3.05) is 0 Å². The molecule has 4 nitrogen and oxygen atoms in total. The Morgan fingerprint density at radius 1 is 0.347 bits per heavy atom. The smallest absolute Gasteiger partial charge is 0.160 e. The maximum Gasteiger partial charge on any atom is 0.160 e. The van der Waals surface area contributed by atoms with E-state index in [9.17, 15) is 0 Å². The highest BCUT2D eigenvalue weighted by atomic mass is 14.9. The molecule has 0 bridgehead atoms. The van der Waals surface area contributed by atoms with Gasteiger partial charge in [-0.15, -0.1) is 0 Å². The van der Waals surface area contributed by atoms with Crippen molar-refractivity contribution >= 4 is 32.6 Å². The molecule has 0 saturated heterocycles. The zero-order valence-electron chi connectivity index (χ0n) is 26.9. The molecule has 0 spiro atoms. The molecule has 3 aromatic heterocycles. The normalized spacial score (nSPS) is 11.4. The molecule has 0 fully saturated rings. The summed E-state index contributed by atoms with van der Waals surface area (Å²) in [7, 11) is 0. The van der Waals surface area contributed by atoms with Crippen LogP contribution >= 0.6 is 0 Å². The zero-order valence-corrected chi connectivity index (χ0v) is 26.9. The Bertz CT molecular complexity index is 2590. The van der Waals surface area contributed by atoms with Crippen molar-refractivity contribution in [1.29, 1.82) is 0 Å². The van der Waals surface area contributed by atoms with E-state index < -0.39 is 0 Å². The van der Waals surface area contributed by atoms with Gasteiger partial charge in [-0.05, 0) is 53.1 Å². The number of hydrogen-bond donors (Lipinski definition) is 0. The Hall–Kier alpha value is -6.52. The lowest BCUT2D eigenvalue weighted by Gasteiger charge is -2.13. The van der Waals surface area contributed by atoms with Crippen LogP contribution in [0.25, 0.3) is 88.9 Å². The molecule has 0 aliphatic carbocycles. The van der Waals surface area contributed by atoms with Gasteiger partial charge in [0.05, 0.1) is 28.1 Å². The van der Waals surface area contributed by atoms with Crippen molar-refractivity contribution in [3.63, 3.8) is 0 Å². The summed E-state index contributed by atoms with van der Waals surface area (Å²) in [6.45, 7) is 2.03. The van der Waals surface area contributed by atoms with Gasteiger partial charge in [-0.25, -0.2) is 15.0 Å². The molecular formula is C45H30N4. The van der Waals surface area contributed by atoms with Crippen molar-refractivity contribution < 1.29 is 0 Å². The number of aryl methyl sites for hydroxylation is 1. The SMILES string of the molecule is Cc1ccc2ccc3c(-c4ccc5ccccc5c4)cc(-c4ccc(-c5nc(-c6ccccc6)cc(-c6ccccc6)n5)cc4)nc3c2n1. The van der Waals surface area contributed by atoms with Gasteiger partial charge in [-0.2, -0.15) is 0 Å². The molecular weight excluding hydrogens is 597 g/mol. The summed E-state index contributed by atoms with van der Waals surface area (Å²) in [6, 6.07) is 56.9. The number of nitrogens with zero attached hydrogens (tertiary/aromatic N) is 4. The Morgan fingerprint density at radius 2 is 0.898 bits per heavy atom. The molecule has 0 aliphatic heterocycles. The van der Waals surface area contributed by atoms with Gasteiger partial charge in [0.25, 0.3) is 0 Å². The zero-order chi connectivity index (χ0) is 32.7. The van der Waals surface area contributed by atoms with E-state index in [0.29, 0.717) is 5.82 Å². The van der Waals surface area contributed by atoms with E-state index in [0.717, 1.165) is 78.0 Å². The summed E-state index contributed by atoms with van der Waals surface area (Å²) in [6.07, 6.45) is 0. The topological polar surface area (TPSA) is 51.6 Å². The van der Waals surface area contributed by atoms with Crippen LogP contribution in [0, 0.1) is 6.92 Å². The molecule has 9 aromatic rings. The molecule has 0 amide bonds. The fourth-order valence-corrected chi connectivity index (χ4v) is 6.59. The fourth-order valence-electron chi connectivity index (χ4n) is 6.59.